The van der Waals surface area contributed by atoms with Crippen molar-refractivity contribution in [3.8, 4) is 5.75 Å². The van der Waals surface area contributed by atoms with E-state index in [1.54, 1.807) is 12.1 Å². The molecule has 8 rings (SSSR count). The molecular weight excluding hydrogens is 630 g/mol. The third-order valence-corrected chi connectivity index (χ3v) is 9.37. The molecule has 1 aliphatic heterocycles. The molecule has 1 heterocycles. The van der Waals surface area contributed by atoms with Crippen LogP contribution in [-0.2, 0) is 15.0 Å². The third kappa shape index (κ3) is 4.23. The zero-order valence-corrected chi connectivity index (χ0v) is 25.1. The molecule has 4 aliphatic rings. The molecule has 47 heavy (non-hydrogen) atoms. The molecule has 1 N–H and O–H groups in total. The minimum Gasteiger partial charge on any atom is -0.496 e. The van der Waals surface area contributed by atoms with E-state index in [1.807, 2.05) is 36.4 Å². The zero-order valence-electron chi connectivity index (χ0n) is 24.3. The van der Waals surface area contributed by atoms with E-state index in [0.29, 0.717) is 11.1 Å². The van der Waals surface area contributed by atoms with Crippen LogP contribution in [0.15, 0.2) is 90.0 Å². The maximum absolute atomic E-state index is 14.5. The summed E-state index contributed by atoms with van der Waals surface area (Å²) in [5.41, 5.74) is 2.77. The summed E-state index contributed by atoms with van der Waals surface area (Å²) in [7, 11) is 1.31. The van der Waals surface area contributed by atoms with Gasteiger partial charge in [0.25, 0.3) is 17.3 Å². The second-order valence-electron chi connectivity index (χ2n) is 11.3. The van der Waals surface area contributed by atoms with Crippen molar-refractivity contribution >= 4 is 52.6 Å². The first kappa shape index (κ1) is 29.7. The molecule has 234 valence electrons. The van der Waals surface area contributed by atoms with Gasteiger partial charge in [0.1, 0.15) is 11.4 Å². The summed E-state index contributed by atoms with van der Waals surface area (Å²) in [6.07, 6.45) is 1.41. The Morgan fingerprint density at radius 1 is 0.936 bits per heavy atom. The number of halogens is 1. The van der Waals surface area contributed by atoms with Crippen LogP contribution in [0.1, 0.15) is 38.5 Å². The maximum Gasteiger partial charge on any atom is 0.294 e. The van der Waals surface area contributed by atoms with Gasteiger partial charge in [0.05, 0.1) is 39.8 Å². The van der Waals surface area contributed by atoms with Gasteiger partial charge in [0, 0.05) is 35.4 Å². The molecule has 13 nitrogen and oxygen atoms in total. The number of anilines is 1. The number of carbonyl (C=O) groups is 3. The van der Waals surface area contributed by atoms with Gasteiger partial charge >= 0.3 is 0 Å². The van der Waals surface area contributed by atoms with Gasteiger partial charge in [-0.05, 0) is 40.5 Å². The van der Waals surface area contributed by atoms with Crippen molar-refractivity contribution in [1.82, 2.24) is 5.43 Å². The molecule has 4 aromatic rings. The number of non-ortho nitro benzene ring substituents is 1. The van der Waals surface area contributed by atoms with Crippen LogP contribution in [0.2, 0.25) is 5.02 Å². The van der Waals surface area contributed by atoms with Crippen molar-refractivity contribution in [3.05, 3.63) is 138 Å². The molecule has 1 saturated heterocycles. The van der Waals surface area contributed by atoms with Crippen molar-refractivity contribution in [2.75, 3.05) is 12.0 Å². The minimum atomic E-state index is -1.39. The number of rotatable bonds is 7. The van der Waals surface area contributed by atoms with Gasteiger partial charge in [-0.1, -0.05) is 60.1 Å². The van der Waals surface area contributed by atoms with Crippen LogP contribution in [0.3, 0.4) is 0 Å². The van der Waals surface area contributed by atoms with Gasteiger partial charge in [-0.2, -0.15) is 5.10 Å². The first-order valence-corrected chi connectivity index (χ1v) is 14.7. The monoisotopic (exact) mass is 651 g/mol. The normalized spacial score (nSPS) is 22.1. The second-order valence-corrected chi connectivity index (χ2v) is 11.7. The molecule has 2 bridgehead atoms. The van der Waals surface area contributed by atoms with Crippen molar-refractivity contribution in [2.45, 2.75) is 11.3 Å². The SMILES string of the molecule is COc1ccc([N+](=O)[O-])cc1C(=O)N/N=C\C12c3ccccc3C(c3ccccc31)[C@@H]1C(=O)N(c3ccc(Cl)cc3[N+](=O)[O-])C(=O)[C@@H]12. The van der Waals surface area contributed by atoms with Crippen LogP contribution in [-0.4, -0.2) is 40.9 Å². The first-order chi connectivity index (χ1) is 22.6. The number of benzene rings is 4. The van der Waals surface area contributed by atoms with E-state index in [-0.39, 0.29) is 27.7 Å². The fraction of sp³-hybridized carbons (Fsp3) is 0.152. The molecule has 0 spiro atoms. The second kappa shape index (κ2) is 10.8. The number of amides is 3. The molecule has 1 fully saturated rings. The number of methoxy groups -OCH3 is 1. The van der Waals surface area contributed by atoms with Crippen LogP contribution in [0, 0.1) is 32.1 Å². The van der Waals surface area contributed by atoms with E-state index in [0.717, 1.165) is 28.2 Å². The summed E-state index contributed by atoms with van der Waals surface area (Å²) in [5.74, 6) is -4.60. The smallest absolute Gasteiger partial charge is 0.294 e. The summed E-state index contributed by atoms with van der Waals surface area (Å²) in [4.78, 5) is 65.1. The predicted molar refractivity (Wildman–Crippen MR) is 169 cm³/mol. The lowest BCUT2D eigenvalue weighted by atomic mass is 9.47. The lowest BCUT2D eigenvalue weighted by Gasteiger charge is -2.52. The standard InChI is InChI=1S/C33H22ClN5O8/c1-47-26-13-11-18(38(43)44)15-21(26)30(40)36-35-16-33-22-8-4-2-6-19(22)27(20-7-3-5-9-23(20)33)28-29(33)32(42)37(31(28)41)24-12-10-17(34)14-25(24)39(45)46/h2-16,27-29H,1H3,(H,36,40)/b35-16-/t27?,28-,29+,33?/m0/s1. The summed E-state index contributed by atoms with van der Waals surface area (Å²) >= 11 is 6.05. The summed E-state index contributed by atoms with van der Waals surface area (Å²) in [5, 5.41) is 27.8. The number of hydrogen-bond donors (Lipinski definition) is 1. The fourth-order valence-corrected chi connectivity index (χ4v) is 7.53. The molecule has 3 amide bonds. The van der Waals surface area contributed by atoms with Crippen LogP contribution < -0.4 is 15.1 Å². The molecular formula is C33H22ClN5O8. The Labute approximate surface area is 270 Å². The Morgan fingerprint density at radius 2 is 1.60 bits per heavy atom. The Morgan fingerprint density at radius 3 is 2.21 bits per heavy atom. The number of nitrogens with one attached hydrogen (secondary N) is 1. The van der Waals surface area contributed by atoms with Crippen LogP contribution in [0.5, 0.6) is 5.75 Å². The lowest BCUT2D eigenvalue weighted by molar-refractivity contribution is -0.384. The molecule has 3 aliphatic carbocycles. The van der Waals surface area contributed by atoms with E-state index < -0.39 is 56.4 Å². The number of imide groups is 1. The molecule has 0 radical (unpaired) electrons. The first-order valence-electron chi connectivity index (χ1n) is 14.3. The number of nitro benzene ring substituents is 2. The van der Waals surface area contributed by atoms with Gasteiger partial charge in [-0.15, -0.1) is 0 Å². The average Bonchev–Trinajstić information content (AvgIpc) is 3.34. The van der Waals surface area contributed by atoms with Crippen molar-refractivity contribution < 1.29 is 29.0 Å². The van der Waals surface area contributed by atoms with E-state index in [4.69, 9.17) is 16.3 Å². The zero-order chi connectivity index (χ0) is 33.2. The molecule has 2 atom stereocenters. The fourth-order valence-electron chi connectivity index (χ4n) is 7.36. The Bertz CT molecular complexity index is 2050. The van der Waals surface area contributed by atoms with Gasteiger partial charge < -0.3 is 4.74 Å². The van der Waals surface area contributed by atoms with Crippen molar-refractivity contribution in [2.24, 2.45) is 16.9 Å². The van der Waals surface area contributed by atoms with Crippen LogP contribution >= 0.6 is 11.6 Å². The lowest BCUT2D eigenvalue weighted by Crippen LogP contribution is -2.54. The highest BCUT2D eigenvalue weighted by atomic mass is 35.5. The highest BCUT2D eigenvalue weighted by molar-refractivity contribution is 6.31. The van der Waals surface area contributed by atoms with Gasteiger partial charge in [-0.25, -0.2) is 10.3 Å². The third-order valence-electron chi connectivity index (χ3n) is 9.13. The summed E-state index contributed by atoms with van der Waals surface area (Å²) in [6, 6.07) is 21.9. The molecule has 0 aromatic heterocycles. The Balaban J connectivity index is 1.39. The average molecular weight is 652 g/mol. The van der Waals surface area contributed by atoms with E-state index >= 15 is 0 Å². The van der Waals surface area contributed by atoms with Crippen molar-refractivity contribution in [3.63, 3.8) is 0 Å². The number of hydrazone groups is 1. The van der Waals surface area contributed by atoms with Gasteiger partial charge in [0.15, 0.2) is 0 Å². The van der Waals surface area contributed by atoms with E-state index in [2.05, 4.69) is 10.5 Å². The van der Waals surface area contributed by atoms with Gasteiger partial charge in [-0.3, -0.25) is 34.6 Å². The highest BCUT2D eigenvalue weighted by Crippen LogP contribution is 2.64. The molecule has 0 unspecified atom stereocenters. The van der Waals surface area contributed by atoms with E-state index in [1.165, 1.54) is 37.6 Å². The Hall–Kier alpha value is -5.95. The number of nitro groups is 2. The van der Waals surface area contributed by atoms with E-state index in [9.17, 15) is 34.6 Å². The van der Waals surface area contributed by atoms with Gasteiger partial charge in [0.2, 0.25) is 11.8 Å². The molecule has 4 aromatic carbocycles. The number of hydrogen-bond acceptors (Lipinski definition) is 9. The highest BCUT2D eigenvalue weighted by Gasteiger charge is 2.68. The number of ether oxygens (including phenoxy) is 1. The molecule has 14 heteroatoms. The largest absolute Gasteiger partial charge is 0.496 e. The Kier molecular flexibility index (Phi) is 6.86. The number of nitrogens with zero attached hydrogens (tertiary/aromatic N) is 4. The number of carbonyl (C=O) groups excluding carboxylic acids is 3. The maximum atomic E-state index is 14.5. The van der Waals surface area contributed by atoms with Crippen molar-refractivity contribution in [1.29, 1.82) is 0 Å². The predicted octanol–water partition coefficient (Wildman–Crippen LogP) is 5.13. The quantitative estimate of drug-likeness (QED) is 0.124. The van der Waals surface area contributed by atoms with Crippen LogP contribution in [0.25, 0.3) is 0 Å². The minimum absolute atomic E-state index is 0.0663. The summed E-state index contributed by atoms with van der Waals surface area (Å²) in [6.45, 7) is 0. The topological polar surface area (TPSA) is 174 Å². The van der Waals surface area contributed by atoms with Crippen LogP contribution in [0.4, 0.5) is 17.1 Å². The summed E-state index contributed by atoms with van der Waals surface area (Å²) < 4.78 is 5.23. The molecule has 0 saturated carbocycles.